The van der Waals surface area contributed by atoms with Gasteiger partial charge in [-0.3, -0.25) is 4.79 Å². The smallest absolute Gasteiger partial charge is 0.259 e. The van der Waals surface area contributed by atoms with Crippen molar-refractivity contribution in [1.29, 1.82) is 0 Å². The van der Waals surface area contributed by atoms with E-state index < -0.39 is 10.0 Å². The topological polar surface area (TPSA) is 88.2 Å². The van der Waals surface area contributed by atoms with Gasteiger partial charge in [0.05, 0.1) is 41.7 Å². The van der Waals surface area contributed by atoms with E-state index in [0.717, 1.165) is 5.69 Å². The van der Waals surface area contributed by atoms with Gasteiger partial charge < -0.3 is 19.7 Å². The summed E-state index contributed by atoms with van der Waals surface area (Å²) in [6.07, 6.45) is 0. The Bertz CT molecular complexity index is 1030. The van der Waals surface area contributed by atoms with E-state index in [4.69, 9.17) is 9.47 Å². The monoisotopic (exact) mass is 461 g/mol. The maximum Gasteiger partial charge on any atom is 0.259 e. The summed E-state index contributed by atoms with van der Waals surface area (Å²) in [7, 11) is -3.67. The quantitative estimate of drug-likeness (QED) is 0.617. The van der Waals surface area contributed by atoms with E-state index in [0.29, 0.717) is 63.0 Å². The van der Waals surface area contributed by atoms with Crippen molar-refractivity contribution in [2.24, 2.45) is 0 Å². The van der Waals surface area contributed by atoms with E-state index in [2.05, 4.69) is 10.2 Å². The highest BCUT2D eigenvalue weighted by atomic mass is 32.2. The summed E-state index contributed by atoms with van der Waals surface area (Å²) in [4.78, 5) is 15.4. The second-order valence-electron chi connectivity index (χ2n) is 7.25. The van der Waals surface area contributed by atoms with Crippen LogP contribution >= 0.6 is 0 Å². The molecule has 0 aliphatic carbocycles. The average molecular weight is 462 g/mol. The van der Waals surface area contributed by atoms with Crippen LogP contribution in [0.5, 0.6) is 5.75 Å². The average Bonchev–Trinajstić information content (AvgIpc) is 2.81. The highest BCUT2D eigenvalue weighted by Gasteiger charge is 2.25. The lowest BCUT2D eigenvalue weighted by molar-refractivity contribution is 0.102. The number of nitrogens with one attached hydrogen (secondary N) is 1. The molecule has 8 nitrogen and oxygen atoms in total. The first-order chi connectivity index (χ1) is 15.4. The molecule has 1 N–H and O–H groups in total. The largest absolute Gasteiger partial charge is 0.493 e. The van der Waals surface area contributed by atoms with E-state index in [1.165, 1.54) is 4.31 Å². The van der Waals surface area contributed by atoms with Gasteiger partial charge in [0, 0.05) is 26.2 Å². The molecule has 0 bridgehead atoms. The molecule has 0 spiro atoms. The fraction of sp³-hybridized carbons (Fsp3) is 0.435. The minimum Gasteiger partial charge on any atom is -0.493 e. The number of hydrogen-bond acceptors (Lipinski definition) is 6. The van der Waals surface area contributed by atoms with Gasteiger partial charge in [-0.05, 0) is 37.3 Å². The second kappa shape index (κ2) is 10.8. The molecule has 174 valence electrons. The molecular weight excluding hydrogens is 430 g/mol. The lowest BCUT2D eigenvalue weighted by Crippen LogP contribution is -2.37. The minimum absolute atomic E-state index is 0.145. The predicted octanol–water partition coefficient (Wildman–Crippen LogP) is 3.20. The number of carbonyl (C=O) groups excluding carboxylic acids is 1. The minimum atomic E-state index is -3.67. The Morgan fingerprint density at radius 1 is 1.09 bits per heavy atom. The van der Waals surface area contributed by atoms with Crippen LogP contribution in [0.25, 0.3) is 0 Å². The Labute approximate surface area is 190 Å². The van der Waals surface area contributed by atoms with Crippen LogP contribution in [0.3, 0.4) is 0 Å². The van der Waals surface area contributed by atoms with E-state index in [1.807, 2.05) is 6.92 Å². The number of sulfonamides is 1. The van der Waals surface area contributed by atoms with Crippen molar-refractivity contribution in [3.63, 3.8) is 0 Å². The zero-order valence-corrected chi connectivity index (χ0v) is 19.7. The van der Waals surface area contributed by atoms with Crippen molar-refractivity contribution < 1.29 is 22.7 Å². The highest BCUT2D eigenvalue weighted by Crippen LogP contribution is 2.32. The Morgan fingerprint density at radius 3 is 2.44 bits per heavy atom. The molecule has 0 saturated carbocycles. The van der Waals surface area contributed by atoms with E-state index in [1.54, 1.807) is 56.3 Å². The third kappa shape index (κ3) is 5.23. The predicted molar refractivity (Wildman–Crippen MR) is 125 cm³/mol. The van der Waals surface area contributed by atoms with Crippen LogP contribution in [0.4, 0.5) is 11.4 Å². The summed E-state index contributed by atoms with van der Waals surface area (Å²) < 4.78 is 38.6. The fourth-order valence-electron chi connectivity index (χ4n) is 3.69. The van der Waals surface area contributed by atoms with Crippen LogP contribution in [0, 0.1) is 0 Å². The normalized spacial score (nSPS) is 14.4. The van der Waals surface area contributed by atoms with Crippen molar-refractivity contribution in [2.45, 2.75) is 25.7 Å². The fourth-order valence-corrected chi connectivity index (χ4v) is 5.18. The first-order valence-corrected chi connectivity index (χ1v) is 12.4. The molecule has 1 fully saturated rings. The van der Waals surface area contributed by atoms with Gasteiger partial charge in [-0.2, -0.15) is 4.31 Å². The van der Waals surface area contributed by atoms with Crippen LogP contribution in [-0.2, 0) is 14.8 Å². The molecular formula is C23H31N3O5S. The second-order valence-corrected chi connectivity index (χ2v) is 9.19. The third-order valence-electron chi connectivity index (χ3n) is 5.34. The number of anilines is 2. The van der Waals surface area contributed by atoms with Gasteiger partial charge in [-0.25, -0.2) is 8.42 Å². The van der Waals surface area contributed by atoms with Gasteiger partial charge in [0.2, 0.25) is 10.0 Å². The van der Waals surface area contributed by atoms with Crippen molar-refractivity contribution in [3.8, 4) is 5.75 Å². The molecule has 1 heterocycles. The molecule has 32 heavy (non-hydrogen) atoms. The maximum atomic E-state index is 13.2. The summed E-state index contributed by atoms with van der Waals surface area (Å²) in [6, 6.07) is 11.9. The number of benzene rings is 2. The number of ether oxygens (including phenoxy) is 2. The van der Waals surface area contributed by atoms with E-state index >= 15 is 0 Å². The number of amides is 1. The van der Waals surface area contributed by atoms with Gasteiger partial charge in [0.1, 0.15) is 5.75 Å². The molecule has 0 unspecified atom stereocenters. The van der Waals surface area contributed by atoms with Crippen LogP contribution in [0.2, 0.25) is 0 Å². The number of nitrogens with zero attached hydrogens (tertiary/aromatic N) is 2. The number of morpholine rings is 1. The molecule has 1 saturated heterocycles. The van der Waals surface area contributed by atoms with Gasteiger partial charge in [-0.1, -0.05) is 26.0 Å². The first kappa shape index (κ1) is 24.0. The summed E-state index contributed by atoms with van der Waals surface area (Å²) in [5, 5.41) is 2.93. The van der Waals surface area contributed by atoms with Crippen LogP contribution in [0.15, 0.2) is 47.4 Å². The van der Waals surface area contributed by atoms with Crippen molar-refractivity contribution in [3.05, 3.63) is 48.0 Å². The molecule has 0 aromatic heterocycles. The van der Waals surface area contributed by atoms with E-state index in [9.17, 15) is 13.2 Å². The zero-order valence-electron chi connectivity index (χ0n) is 18.8. The number of para-hydroxylation sites is 1. The Kier molecular flexibility index (Phi) is 8.11. The lowest BCUT2D eigenvalue weighted by atomic mass is 10.1. The molecule has 1 aliphatic rings. The van der Waals surface area contributed by atoms with Gasteiger partial charge in [-0.15, -0.1) is 0 Å². The molecule has 1 aliphatic heterocycles. The SMILES string of the molecule is CCOc1ccccc1C(=O)Nc1cc(S(=O)(=O)N(CC)CC)ccc1N1CCOCC1. The Morgan fingerprint density at radius 2 is 1.78 bits per heavy atom. The van der Waals surface area contributed by atoms with E-state index in [-0.39, 0.29) is 10.8 Å². The molecule has 0 atom stereocenters. The van der Waals surface area contributed by atoms with Gasteiger partial charge in [0.25, 0.3) is 5.91 Å². The van der Waals surface area contributed by atoms with Crippen LogP contribution in [-0.4, -0.2) is 64.6 Å². The van der Waals surface area contributed by atoms with Gasteiger partial charge in [0.15, 0.2) is 0 Å². The van der Waals surface area contributed by atoms with Crippen LogP contribution in [0.1, 0.15) is 31.1 Å². The molecule has 3 rings (SSSR count). The molecule has 9 heteroatoms. The number of hydrogen-bond donors (Lipinski definition) is 1. The Balaban J connectivity index is 2.02. The lowest BCUT2D eigenvalue weighted by Gasteiger charge is -2.31. The van der Waals surface area contributed by atoms with Crippen LogP contribution < -0.4 is 15.0 Å². The zero-order chi connectivity index (χ0) is 23.1. The summed E-state index contributed by atoms with van der Waals surface area (Å²) in [6.45, 7) is 9.07. The third-order valence-corrected chi connectivity index (χ3v) is 7.39. The van der Waals surface area contributed by atoms with Crippen molar-refractivity contribution in [2.75, 3.05) is 56.2 Å². The Hall–Kier alpha value is -2.62. The first-order valence-electron chi connectivity index (χ1n) is 10.9. The summed E-state index contributed by atoms with van der Waals surface area (Å²) in [5.74, 6) is 0.119. The summed E-state index contributed by atoms with van der Waals surface area (Å²) >= 11 is 0. The van der Waals surface area contributed by atoms with Gasteiger partial charge >= 0.3 is 0 Å². The van der Waals surface area contributed by atoms with Crippen molar-refractivity contribution >= 4 is 27.3 Å². The number of rotatable bonds is 9. The molecule has 2 aromatic carbocycles. The molecule has 0 radical (unpaired) electrons. The number of carbonyl (C=O) groups is 1. The highest BCUT2D eigenvalue weighted by molar-refractivity contribution is 7.89. The maximum absolute atomic E-state index is 13.2. The standard InChI is InChI=1S/C23H31N3O5S/c1-4-26(5-2)32(28,29)18-11-12-21(25-13-15-30-16-14-25)20(17-18)24-23(27)19-9-7-8-10-22(19)31-6-3/h7-12,17H,4-6,13-16H2,1-3H3,(H,24,27). The molecule has 1 amide bonds. The van der Waals surface area contributed by atoms with Crippen molar-refractivity contribution in [1.82, 2.24) is 4.31 Å². The summed E-state index contributed by atoms with van der Waals surface area (Å²) in [5.41, 5.74) is 1.59. The molecule has 2 aromatic rings.